The Kier molecular flexibility index (Phi) is 5.99. The standard InChI is InChI=1S/C25H20FN3O4/c1-16-7-5-6-10-20(16)23(31)27-29(24(32)17-8-3-2-4-9-17)21-15-22(30)28(25(21)33)19-13-11-18(26)12-14-19/h2-14,21H,15H2,1H3,(H,27,31). The Morgan fingerprint density at radius 2 is 1.58 bits per heavy atom. The predicted molar refractivity (Wildman–Crippen MR) is 119 cm³/mol. The number of nitrogens with one attached hydrogen (secondary N) is 1. The van der Waals surface area contributed by atoms with E-state index in [9.17, 15) is 23.6 Å². The third-order valence-corrected chi connectivity index (χ3v) is 5.37. The largest absolute Gasteiger partial charge is 0.274 e. The fraction of sp³-hybridized carbons (Fsp3) is 0.120. The van der Waals surface area contributed by atoms with Crippen molar-refractivity contribution in [3.05, 3.63) is 101 Å². The maximum Gasteiger partial charge on any atom is 0.273 e. The van der Waals surface area contributed by atoms with Crippen LogP contribution in [0.15, 0.2) is 78.9 Å². The lowest BCUT2D eigenvalue weighted by Gasteiger charge is -2.28. The molecule has 1 aliphatic heterocycles. The number of benzene rings is 3. The summed E-state index contributed by atoms with van der Waals surface area (Å²) in [4.78, 5) is 53.1. The van der Waals surface area contributed by atoms with Crippen molar-refractivity contribution in [2.45, 2.75) is 19.4 Å². The van der Waals surface area contributed by atoms with Crippen LogP contribution < -0.4 is 10.3 Å². The molecular weight excluding hydrogens is 425 g/mol. The highest BCUT2D eigenvalue weighted by molar-refractivity contribution is 6.23. The minimum atomic E-state index is -1.26. The van der Waals surface area contributed by atoms with Crippen LogP contribution in [0, 0.1) is 12.7 Å². The lowest BCUT2D eigenvalue weighted by Crippen LogP contribution is -2.54. The molecule has 0 aromatic heterocycles. The van der Waals surface area contributed by atoms with E-state index < -0.39 is 35.5 Å². The van der Waals surface area contributed by atoms with Crippen LogP contribution in [-0.4, -0.2) is 34.7 Å². The number of rotatable bonds is 4. The van der Waals surface area contributed by atoms with Gasteiger partial charge in [-0.05, 0) is 55.0 Å². The summed E-state index contributed by atoms with van der Waals surface area (Å²) in [5, 5.41) is 0.911. The van der Waals surface area contributed by atoms with E-state index >= 15 is 0 Å². The topological polar surface area (TPSA) is 86.8 Å². The van der Waals surface area contributed by atoms with E-state index in [0.717, 1.165) is 22.0 Å². The monoisotopic (exact) mass is 445 g/mol. The van der Waals surface area contributed by atoms with Crippen molar-refractivity contribution >= 4 is 29.3 Å². The number of hydrazine groups is 1. The van der Waals surface area contributed by atoms with E-state index in [1.807, 2.05) is 0 Å². The molecule has 1 unspecified atom stereocenters. The van der Waals surface area contributed by atoms with Gasteiger partial charge in [0.1, 0.15) is 11.9 Å². The molecule has 1 aliphatic rings. The SMILES string of the molecule is Cc1ccccc1C(=O)NN(C(=O)c1ccccc1)C1CC(=O)N(c2ccc(F)cc2)C1=O. The van der Waals surface area contributed by atoms with Crippen molar-refractivity contribution < 1.29 is 23.6 Å². The second kappa shape index (κ2) is 9.04. The smallest absolute Gasteiger partial charge is 0.273 e. The van der Waals surface area contributed by atoms with E-state index in [4.69, 9.17) is 0 Å². The summed E-state index contributed by atoms with van der Waals surface area (Å²) in [5.74, 6) is -2.99. The van der Waals surface area contributed by atoms with Crippen LogP contribution in [0.4, 0.5) is 10.1 Å². The van der Waals surface area contributed by atoms with Gasteiger partial charge in [0, 0.05) is 11.1 Å². The Balaban J connectivity index is 1.68. The fourth-order valence-electron chi connectivity index (χ4n) is 3.67. The zero-order valence-corrected chi connectivity index (χ0v) is 17.7. The molecule has 0 radical (unpaired) electrons. The fourth-order valence-corrected chi connectivity index (χ4v) is 3.67. The summed E-state index contributed by atoms with van der Waals surface area (Å²) in [6, 6.07) is 18.6. The molecule has 0 saturated carbocycles. The lowest BCUT2D eigenvalue weighted by molar-refractivity contribution is -0.122. The molecule has 4 rings (SSSR count). The van der Waals surface area contributed by atoms with Crippen LogP contribution in [0.1, 0.15) is 32.7 Å². The average Bonchev–Trinajstić information content (AvgIpc) is 3.12. The number of amides is 4. The summed E-state index contributed by atoms with van der Waals surface area (Å²) in [6.45, 7) is 1.75. The molecular formula is C25H20FN3O4. The third-order valence-electron chi connectivity index (χ3n) is 5.37. The zero-order chi connectivity index (χ0) is 23.5. The first kappa shape index (κ1) is 21.9. The first-order chi connectivity index (χ1) is 15.9. The Morgan fingerprint density at radius 3 is 2.24 bits per heavy atom. The Bertz CT molecular complexity index is 1230. The molecule has 4 amide bonds. The van der Waals surface area contributed by atoms with Crippen LogP contribution in [0.2, 0.25) is 0 Å². The number of carbonyl (C=O) groups is 4. The Morgan fingerprint density at radius 1 is 0.939 bits per heavy atom. The van der Waals surface area contributed by atoms with Gasteiger partial charge in [0.2, 0.25) is 5.91 Å². The van der Waals surface area contributed by atoms with Crippen LogP contribution in [-0.2, 0) is 9.59 Å². The summed E-state index contributed by atoms with van der Waals surface area (Å²) in [6.07, 6.45) is -0.331. The highest BCUT2D eigenvalue weighted by atomic mass is 19.1. The van der Waals surface area contributed by atoms with Crippen LogP contribution >= 0.6 is 0 Å². The number of hydrogen-bond donors (Lipinski definition) is 1. The Labute approximate surface area is 189 Å². The van der Waals surface area contributed by atoms with Crippen molar-refractivity contribution in [1.82, 2.24) is 10.4 Å². The van der Waals surface area contributed by atoms with Gasteiger partial charge in [-0.1, -0.05) is 36.4 Å². The van der Waals surface area contributed by atoms with Crippen molar-refractivity contribution in [3.8, 4) is 0 Å². The van der Waals surface area contributed by atoms with Crippen molar-refractivity contribution in [2.24, 2.45) is 0 Å². The molecule has 8 heteroatoms. The highest BCUT2D eigenvalue weighted by Crippen LogP contribution is 2.26. The number of anilines is 1. The second-order valence-corrected chi connectivity index (χ2v) is 7.56. The normalized spacial score (nSPS) is 15.5. The van der Waals surface area contributed by atoms with Gasteiger partial charge in [-0.15, -0.1) is 0 Å². The van der Waals surface area contributed by atoms with E-state index in [1.54, 1.807) is 61.5 Å². The van der Waals surface area contributed by atoms with Gasteiger partial charge in [-0.3, -0.25) is 24.6 Å². The molecule has 1 fully saturated rings. The van der Waals surface area contributed by atoms with Gasteiger partial charge in [0.15, 0.2) is 0 Å². The van der Waals surface area contributed by atoms with E-state index in [0.29, 0.717) is 11.1 Å². The summed E-state index contributed by atoms with van der Waals surface area (Å²) >= 11 is 0. The third kappa shape index (κ3) is 4.36. The van der Waals surface area contributed by atoms with Gasteiger partial charge >= 0.3 is 0 Å². The molecule has 1 heterocycles. The summed E-state index contributed by atoms with van der Waals surface area (Å²) < 4.78 is 13.3. The molecule has 0 bridgehead atoms. The highest BCUT2D eigenvalue weighted by Gasteiger charge is 2.45. The van der Waals surface area contributed by atoms with Gasteiger partial charge < -0.3 is 0 Å². The van der Waals surface area contributed by atoms with Gasteiger partial charge in [0.05, 0.1) is 12.1 Å². The number of carbonyl (C=O) groups excluding carboxylic acids is 4. The molecule has 3 aromatic carbocycles. The number of nitrogens with zero attached hydrogens (tertiary/aromatic N) is 2. The molecule has 0 aliphatic carbocycles. The molecule has 1 N–H and O–H groups in total. The van der Waals surface area contributed by atoms with Crippen molar-refractivity contribution in [3.63, 3.8) is 0 Å². The zero-order valence-electron chi connectivity index (χ0n) is 17.7. The minimum absolute atomic E-state index is 0.186. The molecule has 1 saturated heterocycles. The average molecular weight is 445 g/mol. The van der Waals surface area contributed by atoms with Crippen molar-refractivity contribution in [1.29, 1.82) is 0 Å². The number of aryl methyl sites for hydroxylation is 1. The van der Waals surface area contributed by atoms with E-state index in [-0.39, 0.29) is 17.7 Å². The maximum atomic E-state index is 13.3. The van der Waals surface area contributed by atoms with Crippen LogP contribution in [0.3, 0.4) is 0 Å². The predicted octanol–water partition coefficient (Wildman–Crippen LogP) is 3.25. The second-order valence-electron chi connectivity index (χ2n) is 7.56. The quantitative estimate of drug-likeness (QED) is 0.493. The molecule has 1 atom stereocenters. The minimum Gasteiger partial charge on any atom is -0.274 e. The first-order valence-corrected chi connectivity index (χ1v) is 10.2. The van der Waals surface area contributed by atoms with Crippen LogP contribution in [0.5, 0.6) is 0 Å². The lowest BCUT2D eigenvalue weighted by atomic mass is 10.1. The number of hydrogen-bond acceptors (Lipinski definition) is 4. The molecule has 7 nitrogen and oxygen atoms in total. The molecule has 3 aromatic rings. The molecule has 33 heavy (non-hydrogen) atoms. The van der Waals surface area contributed by atoms with Gasteiger partial charge in [-0.25, -0.2) is 14.3 Å². The van der Waals surface area contributed by atoms with Crippen molar-refractivity contribution in [2.75, 3.05) is 4.90 Å². The number of halogens is 1. The summed E-state index contributed by atoms with van der Waals surface area (Å²) in [7, 11) is 0. The summed E-state index contributed by atoms with van der Waals surface area (Å²) in [5.41, 5.74) is 3.97. The van der Waals surface area contributed by atoms with E-state index in [1.165, 1.54) is 12.1 Å². The Hall–Kier alpha value is -4.33. The van der Waals surface area contributed by atoms with Gasteiger partial charge in [0.25, 0.3) is 17.7 Å². The first-order valence-electron chi connectivity index (χ1n) is 10.2. The van der Waals surface area contributed by atoms with Crippen LogP contribution in [0.25, 0.3) is 0 Å². The number of imide groups is 1. The maximum absolute atomic E-state index is 13.3. The van der Waals surface area contributed by atoms with E-state index in [2.05, 4.69) is 5.43 Å². The molecule has 166 valence electrons. The molecule has 0 spiro atoms. The van der Waals surface area contributed by atoms with Gasteiger partial charge in [-0.2, -0.15) is 0 Å².